The fraction of sp³-hybridized carbons (Fsp3) is 0.414. The first-order valence-electron chi connectivity index (χ1n) is 13.1. The van der Waals surface area contributed by atoms with Gasteiger partial charge in [-0.3, -0.25) is 0 Å². The first-order chi connectivity index (χ1) is 17.3. The highest BCUT2D eigenvalue weighted by atomic mass is 16.7. The minimum Gasteiger partial charge on any atom is -0.599 e. The molecule has 0 radical (unpaired) electrons. The van der Waals surface area contributed by atoms with E-state index in [1.54, 1.807) is 0 Å². The minimum atomic E-state index is -2.30. The summed E-state index contributed by atoms with van der Waals surface area (Å²) in [5, 5.41) is 20.3. The standard InChI is InChI=1S/C29H33BN4O2/c1-7-9-12-22(8-2)15-23-28-18(3)24(16-31)20(5)33(28)30(35-26-13-10-11-14-27(26)36-30)34-21(6)25(17-32)19(4)29(23)34/h10-11,13-14,22H,7-9,12,15H2,1-6H3. The summed E-state index contributed by atoms with van der Waals surface area (Å²) in [5.74, 6) is 1.84. The van der Waals surface area contributed by atoms with Crippen molar-refractivity contribution in [3.63, 3.8) is 0 Å². The Morgan fingerprint density at radius 3 is 2.25 bits per heavy atom. The number of fused-ring (bicyclic) bond motifs is 5. The zero-order chi connectivity index (χ0) is 25.8. The van der Waals surface area contributed by atoms with Crippen LogP contribution in [0, 0.1) is 42.4 Å². The van der Waals surface area contributed by atoms with Gasteiger partial charge in [0.25, 0.3) is 0 Å². The SMILES string of the molecule is CCCCC(CC)CC1=C2C(C)=C(C#N)C(C)=[N+]2[B-]2(Oc3ccccc3O2)n2c(C)c(C#N)c(C)c21. The highest BCUT2D eigenvalue weighted by molar-refractivity contribution is 6.62. The molecule has 1 atom stereocenters. The van der Waals surface area contributed by atoms with Crippen LogP contribution in [0.3, 0.4) is 0 Å². The van der Waals surface area contributed by atoms with Gasteiger partial charge < -0.3 is 18.3 Å². The first-order valence-corrected chi connectivity index (χ1v) is 13.1. The van der Waals surface area contributed by atoms with Gasteiger partial charge in [0.05, 0.1) is 5.56 Å². The molecule has 0 amide bonds. The maximum Gasteiger partial charge on any atom is 0.780 e. The number of hydrogen-bond acceptors (Lipinski definition) is 4. The smallest absolute Gasteiger partial charge is 0.599 e. The Morgan fingerprint density at radius 1 is 1.03 bits per heavy atom. The Hall–Kier alpha value is -3.71. The number of allylic oxidation sites excluding steroid dienone is 3. The van der Waals surface area contributed by atoms with Gasteiger partial charge in [0.1, 0.15) is 29.2 Å². The van der Waals surface area contributed by atoms with Crippen molar-refractivity contribution < 1.29 is 13.8 Å². The van der Waals surface area contributed by atoms with Crippen LogP contribution in [0.1, 0.15) is 82.3 Å². The molecule has 6 nitrogen and oxygen atoms in total. The Kier molecular flexibility index (Phi) is 5.84. The summed E-state index contributed by atoms with van der Waals surface area (Å²) >= 11 is 0. The normalized spacial score (nSPS) is 17.9. The highest BCUT2D eigenvalue weighted by Crippen LogP contribution is 2.50. The molecule has 3 aliphatic rings. The fourth-order valence-electron chi connectivity index (χ4n) is 6.47. The summed E-state index contributed by atoms with van der Waals surface area (Å²) in [7, 11) is 0. The van der Waals surface area contributed by atoms with E-state index in [-0.39, 0.29) is 0 Å². The zero-order valence-electron chi connectivity index (χ0n) is 22.1. The monoisotopic (exact) mass is 480 g/mol. The van der Waals surface area contributed by atoms with Gasteiger partial charge in [-0.2, -0.15) is 10.5 Å². The Labute approximate surface area is 213 Å². The number of unbranched alkanes of at least 4 members (excludes halogenated alkanes) is 1. The number of hydrogen-bond donors (Lipinski definition) is 0. The molecule has 0 saturated carbocycles. The van der Waals surface area contributed by atoms with Gasteiger partial charge in [0.2, 0.25) is 0 Å². The largest absolute Gasteiger partial charge is 0.780 e. The molecule has 1 unspecified atom stereocenters. The van der Waals surface area contributed by atoms with Crippen molar-refractivity contribution in [1.29, 1.82) is 10.5 Å². The molecule has 3 aliphatic heterocycles. The third kappa shape index (κ3) is 3.12. The van der Waals surface area contributed by atoms with E-state index in [2.05, 4.69) is 35.0 Å². The molecule has 1 aromatic heterocycles. The van der Waals surface area contributed by atoms with Gasteiger partial charge in [-0.1, -0.05) is 51.7 Å². The third-order valence-electron chi connectivity index (χ3n) is 8.28. The second-order valence-electron chi connectivity index (χ2n) is 10.2. The van der Waals surface area contributed by atoms with E-state index < -0.39 is 6.82 Å². The maximum atomic E-state index is 10.1. The third-order valence-corrected chi connectivity index (χ3v) is 8.28. The summed E-state index contributed by atoms with van der Waals surface area (Å²) in [5.41, 5.74) is 8.06. The molecular weight excluding hydrogens is 447 g/mol. The van der Waals surface area contributed by atoms with E-state index in [0.717, 1.165) is 59.6 Å². The van der Waals surface area contributed by atoms with Crippen molar-refractivity contribution in [3.8, 4) is 23.6 Å². The van der Waals surface area contributed by atoms with Crippen LogP contribution in [0.25, 0.3) is 5.57 Å². The molecule has 36 heavy (non-hydrogen) atoms. The van der Waals surface area contributed by atoms with Gasteiger partial charge in [-0.15, -0.1) is 0 Å². The van der Waals surface area contributed by atoms with Gasteiger partial charge in [-0.05, 0) is 50.8 Å². The quantitative estimate of drug-likeness (QED) is 0.449. The second-order valence-corrected chi connectivity index (χ2v) is 10.2. The van der Waals surface area contributed by atoms with Crippen LogP contribution < -0.4 is 9.31 Å². The summed E-state index contributed by atoms with van der Waals surface area (Å²) in [4.78, 5) is 0. The van der Waals surface area contributed by atoms with Gasteiger partial charge in [-0.25, -0.2) is 0 Å². The molecule has 1 spiro atoms. The highest BCUT2D eigenvalue weighted by Gasteiger charge is 2.64. The Balaban J connectivity index is 1.85. The number of aromatic nitrogens is 1. The number of para-hydroxylation sites is 2. The van der Waals surface area contributed by atoms with E-state index >= 15 is 0 Å². The Morgan fingerprint density at radius 2 is 1.69 bits per heavy atom. The summed E-state index contributed by atoms with van der Waals surface area (Å²) in [6.45, 7) is 10.2. The van der Waals surface area contributed by atoms with Crippen LogP contribution in [0.15, 0.2) is 41.1 Å². The number of rotatable bonds is 6. The fourth-order valence-corrected chi connectivity index (χ4v) is 6.47. The maximum absolute atomic E-state index is 10.1. The molecule has 0 fully saturated rings. The van der Waals surface area contributed by atoms with E-state index in [1.807, 2.05) is 52.0 Å². The minimum absolute atomic E-state index is 0.506. The molecule has 7 heteroatoms. The van der Waals surface area contributed by atoms with Crippen LogP contribution in [-0.4, -0.2) is 21.5 Å². The average molecular weight is 480 g/mol. The molecule has 0 aliphatic carbocycles. The van der Waals surface area contributed by atoms with Crippen molar-refractivity contribution in [1.82, 2.24) is 4.48 Å². The first kappa shape index (κ1) is 24.0. The van der Waals surface area contributed by atoms with Crippen molar-refractivity contribution in [2.75, 3.05) is 0 Å². The van der Waals surface area contributed by atoms with Crippen LogP contribution in [0.4, 0.5) is 0 Å². The van der Waals surface area contributed by atoms with Crippen molar-refractivity contribution in [3.05, 3.63) is 63.6 Å². The topological polar surface area (TPSA) is 74.0 Å². The molecule has 0 bridgehead atoms. The average Bonchev–Trinajstić information content (AvgIpc) is 3.46. The molecule has 1 aromatic carbocycles. The van der Waals surface area contributed by atoms with Crippen LogP contribution in [0.2, 0.25) is 0 Å². The van der Waals surface area contributed by atoms with E-state index in [4.69, 9.17) is 9.31 Å². The van der Waals surface area contributed by atoms with E-state index in [9.17, 15) is 10.5 Å². The van der Waals surface area contributed by atoms with Crippen molar-refractivity contribution in [2.45, 2.75) is 73.6 Å². The predicted molar refractivity (Wildman–Crippen MR) is 142 cm³/mol. The predicted octanol–water partition coefficient (Wildman–Crippen LogP) is 6.39. The lowest BCUT2D eigenvalue weighted by atomic mass is 9.77. The summed E-state index contributed by atoms with van der Waals surface area (Å²) < 4.78 is 17.8. The zero-order valence-corrected chi connectivity index (χ0v) is 22.1. The van der Waals surface area contributed by atoms with Crippen molar-refractivity contribution in [2.24, 2.45) is 5.92 Å². The van der Waals surface area contributed by atoms with Crippen molar-refractivity contribution >= 4 is 18.1 Å². The molecule has 0 N–H and O–H groups in total. The molecular formula is C29H33BN4O2. The summed E-state index contributed by atoms with van der Waals surface area (Å²) in [6, 6.07) is 12.6. The molecule has 0 saturated heterocycles. The van der Waals surface area contributed by atoms with Crippen LogP contribution >= 0.6 is 0 Å². The molecule has 184 valence electrons. The van der Waals surface area contributed by atoms with E-state index in [1.165, 1.54) is 12.0 Å². The molecule has 2 aromatic rings. The van der Waals surface area contributed by atoms with Gasteiger partial charge >= 0.3 is 6.82 Å². The molecule has 5 rings (SSSR count). The summed E-state index contributed by atoms with van der Waals surface area (Å²) in [6.07, 6.45) is 5.45. The lowest BCUT2D eigenvalue weighted by Gasteiger charge is -2.39. The number of benzene rings is 1. The van der Waals surface area contributed by atoms with Crippen LogP contribution in [0.5, 0.6) is 11.5 Å². The van der Waals surface area contributed by atoms with Crippen LogP contribution in [-0.2, 0) is 0 Å². The number of nitrogens with zero attached hydrogens (tertiary/aromatic N) is 4. The van der Waals surface area contributed by atoms with Gasteiger partial charge in [0, 0.05) is 29.5 Å². The van der Waals surface area contributed by atoms with E-state index in [0.29, 0.717) is 28.6 Å². The molecule has 4 heterocycles. The lowest BCUT2D eigenvalue weighted by Crippen LogP contribution is -2.65. The van der Waals surface area contributed by atoms with Gasteiger partial charge in [0.15, 0.2) is 11.4 Å². The lowest BCUT2D eigenvalue weighted by molar-refractivity contribution is -0.370. The Bertz CT molecular complexity index is 1440. The number of nitriles is 2. The second kappa shape index (κ2) is 8.75.